The van der Waals surface area contributed by atoms with Crippen LogP contribution < -0.4 is 11.1 Å². The zero-order chi connectivity index (χ0) is 12.4. The Morgan fingerprint density at radius 3 is 2.31 bits per heavy atom. The van der Waals surface area contributed by atoms with Gasteiger partial charge in [-0.05, 0) is 19.4 Å². The van der Waals surface area contributed by atoms with Crippen LogP contribution in [0.2, 0.25) is 0 Å². The number of carboxylic acid groups (broad SMARTS) is 1. The normalized spacial score (nSPS) is 12.1. The molecule has 1 atom stereocenters. The van der Waals surface area contributed by atoms with Crippen LogP contribution in [0.3, 0.4) is 0 Å². The average molecular weight is 232 g/mol. The van der Waals surface area contributed by atoms with E-state index in [1.165, 1.54) is 0 Å². The molecule has 0 fully saturated rings. The molecular weight excluding hydrogens is 212 g/mol. The highest BCUT2D eigenvalue weighted by atomic mass is 16.4. The van der Waals surface area contributed by atoms with Crippen LogP contribution in [0.5, 0.6) is 0 Å². The maximum absolute atomic E-state index is 11.2. The molecule has 0 bridgehead atoms. The van der Waals surface area contributed by atoms with Crippen LogP contribution in [0.1, 0.15) is 32.1 Å². The molecule has 0 aliphatic rings. The van der Waals surface area contributed by atoms with Crippen molar-refractivity contribution >= 4 is 11.9 Å². The molecule has 6 nitrogen and oxygen atoms in total. The molecule has 1 amide bonds. The number of carbonyl (C=O) groups excluding carboxylic acids is 1. The highest BCUT2D eigenvalue weighted by Crippen LogP contribution is 2.02. The second-order valence-corrected chi connectivity index (χ2v) is 3.59. The number of nitrogens with two attached hydrogens (primary N) is 1. The lowest BCUT2D eigenvalue weighted by atomic mass is 10.1. The van der Waals surface area contributed by atoms with Crippen molar-refractivity contribution in [3.63, 3.8) is 0 Å². The Bertz CT molecular complexity index is 221. The number of aliphatic carboxylic acids is 1. The summed E-state index contributed by atoms with van der Waals surface area (Å²) in [5.74, 6) is -1.56. The smallest absolute Gasteiger partial charge is 0.328 e. The van der Waals surface area contributed by atoms with Crippen molar-refractivity contribution in [2.45, 2.75) is 38.1 Å². The van der Waals surface area contributed by atoms with Gasteiger partial charge in [-0.1, -0.05) is 12.8 Å². The monoisotopic (exact) mass is 232 g/mol. The van der Waals surface area contributed by atoms with Gasteiger partial charge in [-0.25, -0.2) is 4.79 Å². The number of hydrogen-bond acceptors (Lipinski definition) is 4. The summed E-state index contributed by atoms with van der Waals surface area (Å²) in [5.41, 5.74) is 5.32. The lowest BCUT2D eigenvalue weighted by Crippen LogP contribution is -2.43. The van der Waals surface area contributed by atoms with Gasteiger partial charge < -0.3 is 21.3 Å². The largest absolute Gasteiger partial charge is 0.480 e. The SMILES string of the molecule is NCCCCCCC(=O)NC(CO)C(=O)O. The summed E-state index contributed by atoms with van der Waals surface area (Å²) in [4.78, 5) is 21.7. The first-order valence-electron chi connectivity index (χ1n) is 5.45. The Hall–Kier alpha value is -1.14. The first-order valence-corrected chi connectivity index (χ1v) is 5.45. The molecule has 16 heavy (non-hydrogen) atoms. The fourth-order valence-electron chi connectivity index (χ4n) is 1.24. The zero-order valence-corrected chi connectivity index (χ0v) is 9.32. The highest BCUT2D eigenvalue weighted by molar-refractivity contribution is 5.83. The van der Waals surface area contributed by atoms with E-state index < -0.39 is 18.6 Å². The molecule has 1 unspecified atom stereocenters. The van der Waals surface area contributed by atoms with E-state index in [0.29, 0.717) is 13.0 Å². The van der Waals surface area contributed by atoms with Gasteiger partial charge in [0.05, 0.1) is 6.61 Å². The van der Waals surface area contributed by atoms with Crippen LogP contribution in [-0.2, 0) is 9.59 Å². The van der Waals surface area contributed by atoms with Gasteiger partial charge in [-0.15, -0.1) is 0 Å². The molecule has 5 N–H and O–H groups in total. The molecule has 0 saturated carbocycles. The van der Waals surface area contributed by atoms with E-state index in [-0.39, 0.29) is 12.3 Å². The molecule has 0 saturated heterocycles. The predicted molar refractivity (Wildman–Crippen MR) is 58.8 cm³/mol. The van der Waals surface area contributed by atoms with Gasteiger partial charge in [0.2, 0.25) is 5.91 Å². The molecule has 6 heteroatoms. The van der Waals surface area contributed by atoms with Crippen molar-refractivity contribution < 1.29 is 19.8 Å². The topological polar surface area (TPSA) is 113 Å². The molecule has 0 radical (unpaired) electrons. The van der Waals surface area contributed by atoms with Gasteiger partial charge in [-0.3, -0.25) is 4.79 Å². The van der Waals surface area contributed by atoms with E-state index in [1.54, 1.807) is 0 Å². The summed E-state index contributed by atoms with van der Waals surface area (Å²) in [7, 11) is 0. The second kappa shape index (κ2) is 9.11. The number of carboxylic acids is 1. The predicted octanol–water partition coefficient (Wildman–Crippen LogP) is -0.543. The summed E-state index contributed by atoms with van der Waals surface area (Å²) >= 11 is 0. The van der Waals surface area contributed by atoms with E-state index in [1.807, 2.05) is 0 Å². The molecule has 0 aromatic rings. The summed E-state index contributed by atoms with van der Waals surface area (Å²) < 4.78 is 0. The minimum absolute atomic E-state index is 0.286. The van der Waals surface area contributed by atoms with Crippen molar-refractivity contribution in [1.82, 2.24) is 5.32 Å². The third-order valence-corrected chi connectivity index (χ3v) is 2.17. The molecule has 0 rings (SSSR count). The Labute approximate surface area is 94.8 Å². The van der Waals surface area contributed by atoms with Gasteiger partial charge in [0.25, 0.3) is 0 Å². The van der Waals surface area contributed by atoms with Crippen molar-refractivity contribution in [1.29, 1.82) is 0 Å². The minimum atomic E-state index is -1.22. The highest BCUT2D eigenvalue weighted by Gasteiger charge is 2.17. The Kier molecular flexibility index (Phi) is 8.46. The molecule has 0 heterocycles. The van der Waals surface area contributed by atoms with Crippen LogP contribution in [0.15, 0.2) is 0 Å². The zero-order valence-electron chi connectivity index (χ0n) is 9.32. The van der Waals surface area contributed by atoms with E-state index >= 15 is 0 Å². The quantitative estimate of drug-likeness (QED) is 0.399. The van der Waals surface area contributed by atoms with Gasteiger partial charge in [0.15, 0.2) is 0 Å². The van der Waals surface area contributed by atoms with Gasteiger partial charge in [-0.2, -0.15) is 0 Å². The van der Waals surface area contributed by atoms with E-state index in [2.05, 4.69) is 5.32 Å². The lowest BCUT2D eigenvalue weighted by molar-refractivity contribution is -0.142. The van der Waals surface area contributed by atoms with Gasteiger partial charge >= 0.3 is 5.97 Å². The van der Waals surface area contributed by atoms with E-state index in [9.17, 15) is 9.59 Å². The number of unbranched alkanes of at least 4 members (excludes halogenated alkanes) is 3. The number of aliphatic hydroxyl groups excluding tert-OH is 1. The van der Waals surface area contributed by atoms with E-state index in [0.717, 1.165) is 19.3 Å². The summed E-state index contributed by atoms with van der Waals surface area (Å²) in [6.45, 7) is 0.0616. The molecule has 0 aliphatic carbocycles. The average Bonchev–Trinajstić information content (AvgIpc) is 2.25. The first-order chi connectivity index (χ1) is 7.61. The van der Waals surface area contributed by atoms with Gasteiger partial charge in [0, 0.05) is 6.42 Å². The maximum Gasteiger partial charge on any atom is 0.328 e. The molecule has 94 valence electrons. The summed E-state index contributed by atoms with van der Waals surface area (Å²) in [6.07, 6.45) is 3.82. The first kappa shape index (κ1) is 14.9. The Morgan fingerprint density at radius 2 is 1.81 bits per heavy atom. The molecule has 0 spiro atoms. The van der Waals surface area contributed by atoms with Crippen LogP contribution in [-0.4, -0.2) is 41.3 Å². The number of carbonyl (C=O) groups is 2. The maximum atomic E-state index is 11.2. The fraction of sp³-hybridized carbons (Fsp3) is 0.800. The van der Waals surface area contributed by atoms with Crippen molar-refractivity contribution in [2.24, 2.45) is 5.73 Å². The van der Waals surface area contributed by atoms with Crippen LogP contribution in [0, 0.1) is 0 Å². The number of hydrogen-bond donors (Lipinski definition) is 4. The standard InChI is InChI=1S/C10H20N2O4/c11-6-4-2-1-3-5-9(14)12-8(7-13)10(15)16/h8,13H,1-7,11H2,(H,12,14)(H,15,16). The number of amides is 1. The van der Waals surface area contributed by atoms with Crippen molar-refractivity contribution in [3.05, 3.63) is 0 Å². The van der Waals surface area contributed by atoms with E-state index in [4.69, 9.17) is 15.9 Å². The number of nitrogens with one attached hydrogen (secondary N) is 1. The third-order valence-electron chi connectivity index (χ3n) is 2.17. The van der Waals surface area contributed by atoms with Gasteiger partial charge in [0.1, 0.15) is 6.04 Å². The number of aliphatic hydroxyl groups is 1. The molecule has 0 aromatic carbocycles. The van der Waals surface area contributed by atoms with Crippen molar-refractivity contribution in [2.75, 3.05) is 13.2 Å². The Balaban J connectivity index is 3.61. The minimum Gasteiger partial charge on any atom is -0.480 e. The van der Waals surface area contributed by atoms with Crippen LogP contribution >= 0.6 is 0 Å². The molecular formula is C10H20N2O4. The molecule has 0 aromatic heterocycles. The number of rotatable bonds is 9. The van der Waals surface area contributed by atoms with Crippen molar-refractivity contribution in [3.8, 4) is 0 Å². The fourth-order valence-corrected chi connectivity index (χ4v) is 1.24. The Morgan fingerprint density at radius 1 is 1.19 bits per heavy atom. The summed E-state index contributed by atoms with van der Waals surface area (Å²) in [5, 5.41) is 19.5. The molecule has 0 aliphatic heterocycles. The van der Waals surface area contributed by atoms with Crippen LogP contribution in [0.4, 0.5) is 0 Å². The third kappa shape index (κ3) is 7.19. The second-order valence-electron chi connectivity index (χ2n) is 3.59. The lowest BCUT2D eigenvalue weighted by Gasteiger charge is -2.11. The van der Waals surface area contributed by atoms with Crippen LogP contribution in [0.25, 0.3) is 0 Å². The summed E-state index contributed by atoms with van der Waals surface area (Å²) in [6, 6.07) is -1.20.